The summed E-state index contributed by atoms with van der Waals surface area (Å²) in [7, 11) is 0. The van der Waals surface area contributed by atoms with Crippen molar-refractivity contribution >= 4 is 132 Å². The number of fused-ring (bicyclic) bond motifs is 15. The highest BCUT2D eigenvalue weighted by atomic mass is 16.6. The molecule has 0 fully saturated rings. The first kappa shape index (κ1) is 89.5. The Labute approximate surface area is 718 Å². The van der Waals surface area contributed by atoms with Crippen LogP contribution in [0.4, 0.5) is 4.79 Å². The van der Waals surface area contributed by atoms with Crippen molar-refractivity contribution in [3.05, 3.63) is 220 Å². The van der Waals surface area contributed by atoms with Gasteiger partial charge in [0.1, 0.15) is 23.0 Å². The molecule has 19 nitrogen and oxygen atoms in total. The molecule has 11 heterocycles. The Kier molecular flexibility index (Phi) is 28.6. The lowest BCUT2D eigenvalue weighted by atomic mass is 9.80. The number of carbonyl (C=O) groups excluding carboxylic acids is 4. The maximum Gasteiger partial charge on any atom is 0.407 e. The topological polar surface area (TPSA) is 218 Å². The quantitative estimate of drug-likeness (QED) is 0.0527. The van der Waals surface area contributed by atoms with Gasteiger partial charge in [0.2, 0.25) is 5.89 Å². The Morgan fingerprint density at radius 2 is 0.787 bits per heavy atom. The van der Waals surface area contributed by atoms with Crippen molar-refractivity contribution in [2.24, 2.45) is 17.3 Å². The smallest absolute Gasteiger partial charge is 0.407 e. The van der Waals surface area contributed by atoms with Gasteiger partial charge >= 0.3 is 6.09 Å². The van der Waals surface area contributed by atoms with Gasteiger partial charge in [0, 0.05) is 189 Å². The number of pyridine rings is 5. The summed E-state index contributed by atoms with van der Waals surface area (Å²) in [6.45, 7) is 47.2. The van der Waals surface area contributed by atoms with Crippen molar-refractivity contribution in [2.75, 3.05) is 6.54 Å². The van der Waals surface area contributed by atoms with E-state index in [0.29, 0.717) is 37.0 Å². The summed E-state index contributed by atoms with van der Waals surface area (Å²) in [6.07, 6.45) is 18.9. The number of ether oxygens (including phenoxy) is 1. The van der Waals surface area contributed by atoms with Crippen molar-refractivity contribution in [3.63, 3.8) is 0 Å². The molecule has 0 saturated heterocycles. The Morgan fingerprint density at radius 3 is 1.12 bits per heavy atom. The fourth-order valence-electron chi connectivity index (χ4n) is 17.3. The van der Waals surface area contributed by atoms with E-state index in [9.17, 15) is 19.2 Å². The van der Waals surface area contributed by atoms with Crippen LogP contribution in [0.5, 0.6) is 0 Å². The van der Waals surface area contributed by atoms with Gasteiger partial charge in [-0.25, -0.2) is 4.79 Å². The van der Waals surface area contributed by atoms with Crippen molar-refractivity contribution in [3.8, 4) is 0 Å². The number of ketones is 3. The molecule has 2 unspecified atom stereocenters. The van der Waals surface area contributed by atoms with Crippen LogP contribution in [0.15, 0.2) is 157 Å². The number of nitrogens with one attached hydrogen (secondary N) is 1. The highest BCUT2D eigenvalue weighted by molar-refractivity contribution is 6.12. The number of aromatic nitrogens is 12. The molecule has 638 valence electrons. The molecule has 16 rings (SSSR count). The summed E-state index contributed by atoms with van der Waals surface area (Å²) >= 11 is 0. The largest absolute Gasteiger partial charge is 0.444 e. The lowest BCUT2D eigenvalue weighted by Gasteiger charge is -2.25. The number of unbranched alkanes of at least 4 members (excludes halogenated alkanes) is 1. The zero-order valence-electron chi connectivity index (χ0n) is 75.9. The van der Waals surface area contributed by atoms with E-state index in [4.69, 9.17) is 9.26 Å². The second kappa shape index (κ2) is 39.0. The normalized spacial score (nSPS) is 12.3. The number of alkyl carbamates (subject to hydrolysis) is 1. The molecular weight excluding hydrogens is 1520 g/mol. The first-order chi connectivity index (χ1) is 58.2. The third kappa shape index (κ3) is 20.7. The fourth-order valence-corrected chi connectivity index (χ4v) is 17.3. The maximum absolute atomic E-state index is 12.9. The summed E-state index contributed by atoms with van der Waals surface area (Å²) in [4.78, 5) is 74.1. The van der Waals surface area contributed by atoms with Gasteiger partial charge in [0.25, 0.3) is 0 Å². The molecule has 19 heteroatoms. The molecule has 1 N–H and O–H groups in total. The van der Waals surface area contributed by atoms with Gasteiger partial charge < -0.3 is 42.2 Å². The van der Waals surface area contributed by atoms with Crippen molar-refractivity contribution in [1.29, 1.82) is 0 Å². The van der Waals surface area contributed by atoms with Crippen LogP contribution in [-0.4, -0.2) is 93.5 Å². The first-order valence-electron chi connectivity index (χ1n) is 43.7. The fraction of sp³-hybridized carbons (Fsp3) is 0.408. The second-order valence-corrected chi connectivity index (χ2v) is 35.6. The Hall–Kier alpha value is -11.7. The van der Waals surface area contributed by atoms with Crippen LogP contribution in [0, 0.1) is 93.4 Å². The SMILES string of the molecule is CC(=O)C(C)CCn1c2cc(C)ccc2c2ccnc(C)c21.CC(=O)CCCCn1c2cc(C)ccc2c2ccnc(C)c21.CCCC(C)CC(=O)C(C)(C)CCn1c2cc(C)ccc2c2ccnc(C)c21.Cc1ccc2c3ccnc(C)c3n(CCCNC(=O)OC(C)(C)C)c2c1.Cc1ccc2c3ccnc(C)c3n(CCCc3noc(C)n3)c2c1. The minimum atomic E-state index is -0.475. The van der Waals surface area contributed by atoms with Crippen molar-refractivity contribution < 1.29 is 28.4 Å². The third-order valence-electron chi connectivity index (χ3n) is 23.8. The molecule has 0 saturated carbocycles. The standard InChI is InChI=1S/C25H34N2O.C21H27N3O2.C19H20N4O.2C19H22N2O/c1-7-8-17(2)16-23(28)25(5,6)12-14-27-22-15-18(3)9-10-20(22)21-11-13-26-19(4)24(21)27;1-14-7-8-16-17-9-11-22-15(2)19(17)24(18(16)13-14)12-6-10-23-20(25)26-21(3,4)5;1-12-6-7-15-16-8-9-20-13(2)19(16)23(17(15)11-12)10-4-5-18-21-14(3)24-22-18;1-12-5-6-16-17-7-9-20-14(3)19(17)21(18(16)11-12)10-8-13(2)15(4)22;1-13-7-8-16-17-9-10-20-15(3)19(17)21(18(16)12-13)11-5-4-6-14(2)22/h9-11,13,15,17H,7-8,12,14,16H2,1-6H3;7-9,11,13H,6,10,12H2,1-5H3,(H,23,25);6-9,11H,4-5,10H2,1-3H3;5-7,9,11,13H,8,10H2,1-4H3;7-10,12H,4-6,11H2,1-3H3. The van der Waals surface area contributed by atoms with Crippen molar-refractivity contribution in [2.45, 2.75) is 254 Å². The number of hydrogen-bond donors (Lipinski definition) is 1. The lowest BCUT2D eigenvalue weighted by Crippen LogP contribution is -2.33. The van der Waals surface area contributed by atoms with Gasteiger partial charge in [-0.2, -0.15) is 4.98 Å². The average molecular weight is 1640 g/mol. The molecule has 122 heavy (non-hydrogen) atoms. The Morgan fingerprint density at radius 1 is 0.434 bits per heavy atom. The molecule has 11 aromatic heterocycles. The van der Waals surface area contributed by atoms with Gasteiger partial charge in [-0.1, -0.05) is 113 Å². The number of amides is 1. The molecule has 0 aliphatic carbocycles. The number of Topliss-reactive ketones (excluding diaryl/α,β-unsaturated/α-hetero) is 3. The molecule has 0 aliphatic heterocycles. The van der Waals surface area contributed by atoms with Crippen LogP contribution in [0.1, 0.15) is 201 Å². The number of rotatable bonds is 25. The van der Waals surface area contributed by atoms with Gasteiger partial charge in [-0.3, -0.25) is 34.5 Å². The van der Waals surface area contributed by atoms with E-state index in [0.717, 1.165) is 125 Å². The van der Waals surface area contributed by atoms with Crippen LogP contribution < -0.4 is 5.32 Å². The highest BCUT2D eigenvalue weighted by Gasteiger charge is 2.30. The van der Waals surface area contributed by atoms with E-state index < -0.39 is 5.60 Å². The monoisotopic (exact) mass is 1640 g/mol. The van der Waals surface area contributed by atoms with Crippen LogP contribution >= 0.6 is 0 Å². The van der Waals surface area contributed by atoms with Crippen LogP contribution in [-0.2, 0) is 58.3 Å². The maximum atomic E-state index is 12.9. The predicted molar refractivity (Wildman–Crippen MR) is 501 cm³/mol. The third-order valence-corrected chi connectivity index (χ3v) is 23.8. The molecule has 0 aliphatic rings. The predicted octanol–water partition coefficient (Wildman–Crippen LogP) is 24.5. The molecule has 16 aromatic rings. The van der Waals surface area contributed by atoms with E-state index in [-0.39, 0.29) is 29.0 Å². The van der Waals surface area contributed by atoms with E-state index in [1.807, 2.05) is 72.5 Å². The Bertz CT molecular complexity index is 6490. The lowest BCUT2D eigenvalue weighted by molar-refractivity contribution is -0.128. The van der Waals surface area contributed by atoms with Crippen LogP contribution in [0.2, 0.25) is 0 Å². The van der Waals surface area contributed by atoms with Gasteiger partial charge in [0.15, 0.2) is 5.82 Å². The summed E-state index contributed by atoms with van der Waals surface area (Å²) in [5, 5.41) is 19.5. The van der Waals surface area contributed by atoms with Crippen molar-refractivity contribution in [1.82, 2.24) is 63.2 Å². The molecular formula is C103H125N13O6. The molecule has 0 radical (unpaired) electrons. The van der Waals surface area contributed by atoms with E-state index in [1.165, 1.54) is 137 Å². The zero-order valence-corrected chi connectivity index (χ0v) is 75.9. The zero-order chi connectivity index (χ0) is 87.6. The highest BCUT2D eigenvalue weighted by Crippen LogP contribution is 2.39. The van der Waals surface area contributed by atoms with Crippen LogP contribution in [0.3, 0.4) is 0 Å². The summed E-state index contributed by atoms with van der Waals surface area (Å²) in [5.74, 6) is 2.88. The summed E-state index contributed by atoms with van der Waals surface area (Å²) < 4.78 is 22.1. The van der Waals surface area contributed by atoms with E-state index >= 15 is 0 Å². The molecule has 2 atom stereocenters. The van der Waals surface area contributed by atoms with Gasteiger partial charge in [-0.15, -0.1) is 0 Å². The molecule has 5 aromatic carbocycles. The minimum absolute atomic E-state index is 0.0919. The molecule has 1 amide bonds. The van der Waals surface area contributed by atoms with E-state index in [2.05, 4.69) is 275 Å². The second-order valence-electron chi connectivity index (χ2n) is 35.6. The first-order valence-corrected chi connectivity index (χ1v) is 43.7. The number of aryl methyl sites for hydroxylation is 17. The van der Waals surface area contributed by atoms with Crippen LogP contribution in [0.25, 0.3) is 109 Å². The number of nitrogens with zero attached hydrogens (tertiary/aromatic N) is 12. The Balaban J connectivity index is 0.000000140. The number of carbonyl (C=O) groups is 4. The average Bonchev–Trinajstić information content (AvgIpc) is 1.64. The number of benzene rings is 5. The summed E-state index contributed by atoms with van der Waals surface area (Å²) in [6, 6.07) is 43.5. The van der Waals surface area contributed by atoms with E-state index in [1.54, 1.807) is 13.8 Å². The number of hydrogen-bond acceptors (Lipinski definition) is 13. The molecule has 0 bridgehead atoms. The summed E-state index contributed by atoms with van der Waals surface area (Å²) in [5.41, 5.74) is 23.0. The van der Waals surface area contributed by atoms with Gasteiger partial charge in [-0.05, 0) is 237 Å². The molecule has 0 spiro atoms. The van der Waals surface area contributed by atoms with Gasteiger partial charge in [0.05, 0.1) is 56.1 Å². The minimum Gasteiger partial charge on any atom is -0.444 e.